The molecule has 0 aliphatic heterocycles. The monoisotopic (exact) mass is 680 g/mol. The van der Waals surface area contributed by atoms with E-state index in [1.54, 1.807) is 0 Å². The lowest BCUT2D eigenvalue weighted by atomic mass is 10.0. The second kappa shape index (κ2) is 38.2. The van der Waals surface area contributed by atoms with Crippen molar-refractivity contribution in [3.05, 3.63) is 0 Å². The van der Waals surface area contributed by atoms with Gasteiger partial charge in [-0.05, 0) is 38.5 Å². The number of carboxylic acids is 1. The Morgan fingerprint density at radius 3 is 1.12 bits per heavy atom. The fourth-order valence-corrected chi connectivity index (χ4v) is 6.63. The molecule has 0 radical (unpaired) electrons. The summed E-state index contributed by atoms with van der Waals surface area (Å²) in [6.45, 7) is 4.24. The van der Waals surface area contributed by atoms with E-state index in [9.17, 15) is 14.4 Å². The molecule has 0 bridgehead atoms. The number of carbonyl (C=O) groups is 3. The predicted molar refractivity (Wildman–Crippen MR) is 203 cm³/mol. The molecule has 0 heterocycles. The SMILES string of the molecule is CCCCCCCCCCCCCCCC(=O)OC(CCCCCCCCCCCCCCC)CCCCCCCC(=O)NCC(=O)O. The molecule has 0 fully saturated rings. The number of ether oxygens (including phenoxy) is 1. The molecular weight excluding hydrogens is 598 g/mol. The van der Waals surface area contributed by atoms with Crippen LogP contribution >= 0.6 is 0 Å². The molecular formula is C42H81NO5. The molecule has 0 aliphatic carbocycles. The van der Waals surface area contributed by atoms with Crippen LogP contribution in [-0.4, -0.2) is 35.6 Å². The maximum Gasteiger partial charge on any atom is 0.322 e. The first kappa shape index (κ1) is 46.4. The van der Waals surface area contributed by atoms with Crippen molar-refractivity contribution in [2.75, 3.05) is 6.54 Å². The van der Waals surface area contributed by atoms with Crippen molar-refractivity contribution in [2.45, 2.75) is 245 Å². The molecule has 48 heavy (non-hydrogen) atoms. The quantitative estimate of drug-likeness (QED) is 0.0498. The minimum Gasteiger partial charge on any atom is -0.480 e. The zero-order valence-corrected chi connectivity index (χ0v) is 32.1. The standard InChI is InChI=1S/C42H81NO5/c1-3-5-7-9-11-13-15-17-19-21-23-26-30-34-39(35-31-27-25-28-32-36-40(44)43-38-41(45)46)48-42(47)37-33-29-24-22-20-18-16-14-12-10-8-6-4-2/h39H,3-38H2,1-2H3,(H,43,44)(H,45,46). The van der Waals surface area contributed by atoms with Crippen molar-refractivity contribution >= 4 is 17.8 Å². The number of esters is 1. The summed E-state index contributed by atoms with van der Waals surface area (Å²) in [7, 11) is 0. The summed E-state index contributed by atoms with van der Waals surface area (Å²) in [6, 6.07) is 0. The molecule has 0 saturated heterocycles. The lowest BCUT2D eigenvalue weighted by molar-refractivity contribution is -0.150. The Balaban J connectivity index is 4.13. The van der Waals surface area contributed by atoms with Gasteiger partial charge in [0.25, 0.3) is 0 Å². The van der Waals surface area contributed by atoms with Crippen molar-refractivity contribution in [3.8, 4) is 0 Å². The third-order valence-corrected chi connectivity index (χ3v) is 9.78. The summed E-state index contributed by atoms with van der Waals surface area (Å²) < 4.78 is 6.03. The molecule has 0 aromatic heterocycles. The topological polar surface area (TPSA) is 92.7 Å². The number of carbonyl (C=O) groups excluding carboxylic acids is 2. The van der Waals surface area contributed by atoms with Gasteiger partial charge in [-0.2, -0.15) is 0 Å². The molecule has 6 nitrogen and oxygen atoms in total. The fraction of sp³-hybridized carbons (Fsp3) is 0.929. The Morgan fingerprint density at radius 1 is 0.458 bits per heavy atom. The van der Waals surface area contributed by atoms with Crippen LogP contribution in [0.25, 0.3) is 0 Å². The lowest BCUT2D eigenvalue weighted by Gasteiger charge is -2.18. The second-order valence-electron chi connectivity index (χ2n) is 14.6. The number of unbranched alkanes of at least 4 members (excludes halogenated alkanes) is 28. The zero-order chi connectivity index (χ0) is 35.2. The summed E-state index contributed by atoms with van der Waals surface area (Å²) in [6.07, 6.45) is 42.2. The molecule has 0 saturated carbocycles. The Hall–Kier alpha value is -1.59. The average Bonchev–Trinajstić information content (AvgIpc) is 3.07. The number of nitrogens with one attached hydrogen (secondary N) is 1. The van der Waals surface area contributed by atoms with Gasteiger partial charge in [-0.15, -0.1) is 0 Å². The molecule has 0 aromatic carbocycles. The molecule has 0 rings (SSSR count). The Bertz CT molecular complexity index is 712. The van der Waals surface area contributed by atoms with Crippen LogP contribution in [0.2, 0.25) is 0 Å². The average molecular weight is 680 g/mol. The van der Waals surface area contributed by atoms with Gasteiger partial charge < -0.3 is 15.2 Å². The van der Waals surface area contributed by atoms with Crippen LogP contribution < -0.4 is 5.32 Å². The Morgan fingerprint density at radius 2 is 0.771 bits per heavy atom. The maximum atomic E-state index is 12.7. The predicted octanol–water partition coefficient (Wildman–Crippen LogP) is 12.8. The van der Waals surface area contributed by atoms with E-state index in [2.05, 4.69) is 19.2 Å². The molecule has 1 amide bonds. The van der Waals surface area contributed by atoms with Gasteiger partial charge in [-0.3, -0.25) is 14.4 Å². The molecule has 1 atom stereocenters. The van der Waals surface area contributed by atoms with Crippen LogP contribution in [0.5, 0.6) is 0 Å². The minimum atomic E-state index is -1.01. The van der Waals surface area contributed by atoms with Gasteiger partial charge in [0.2, 0.25) is 5.91 Å². The van der Waals surface area contributed by atoms with Crippen LogP contribution in [0, 0.1) is 0 Å². The number of amides is 1. The van der Waals surface area contributed by atoms with E-state index in [1.165, 1.54) is 148 Å². The highest BCUT2D eigenvalue weighted by atomic mass is 16.5. The molecule has 2 N–H and O–H groups in total. The van der Waals surface area contributed by atoms with E-state index in [-0.39, 0.29) is 24.5 Å². The largest absolute Gasteiger partial charge is 0.480 e. The van der Waals surface area contributed by atoms with E-state index < -0.39 is 5.97 Å². The summed E-state index contributed by atoms with van der Waals surface area (Å²) >= 11 is 0. The van der Waals surface area contributed by atoms with Crippen LogP contribution in [0.4, 0.5) is 0 Å². The Kier molecular flexibility index (Phi) is 36.9. The molecule has 1 unspecified atom stereocenters. The van der Waals surface area contributed by atoms with E-state index in [1.807, 2.05) is 0 Å². The van der Waals surface area contributed by atoms with Gasteiger partial charge in [0, 0.05) is 12.8 Å². The number of aliphatic carboxylic acids is 1. The molecule has 0 spiro atoms. The summed E-state index contributed by atoms with van der Waals surface area (Å²) in [5, 5.41) is 11.1. The minimum absolute atomic E-state index is 0.00913. The zero-order valence-electron chi connectivity index (χ0n) is 32.1. The first-order valence-electron chi connectivity index (χ1n) is 21.2. The Labute approximate surface area is 298 Å². The number of rotatable bonds is 39. The van der Waals surface area contributed by atoms with Gasteiger partial charge in [-0.25, -0.2) is 0 Å². The van der Waals surface area contributed by atoms with Crippen molar-refractivity contribution < 1.29 is 24.2 Å². The van der Waals surface area contributed by atoms with E-state index >= 15 is 0 Å². The van der Waals surface area contributed by atoms with Gasteiger partial charge >= 0.3 is 11.9 Å². The van der Waals surface area contributed by atoms with Crippen molar-refractivity contribution in [1.29, 1.82) is 0 Å². The molecule has 0 aliphatic rings. The first-order chi connectivity index (χ1) is 23.5. The van der Waals surface area contributed by atoms with E-state index in [0.717, 1.165) is 64.2 Å². The maximum absolute atomic E-state index is 12.7. The number of carboxylic acid groups (broad SMARTS) is 1. The van der Waals surface area contributed by atoms with Gasteiger partial charge in [0.15, 0.2) is 0 Å². The molecule has 0 aromatic rings. The van der Waals surface area contributed by atoms with E-state index in [4.69, 9.17) is 9.84 Å². The summed E-state index contributed by atoms with van der Waals surface area (Å²) in [5.41, 5.74) is 0. The van der Waals surface area contributed by atoms with Crippen molar-refractivity contribution in [2.24, 2.45) is 0 Å². The third-order valence-electron chi connectivity index (χ3n) is 9.78. The fourth-order valence-electron chi connectivity index (χ4n) is 6.63. The number of hydrogen-bond donors (Lipinski definition) is 2. The van der Waals surface area contributed by atoms with E-state index in [0.29, 0.717) is 12.8 Å². The number of hydrogen-bond acceptors (Lipinski definition) is 4. The van der Waals surface area contributed by atoms with Gasteiger partial charge in [-0.1, -0.05) is 187 Å². The summed E-state index contributed by atoms with van der Waals surface area (Å²) in [4.78, 5) is 35.0. The van der Waals surface area contributed by atoms with Crippen LogP contribution in [0.3, 0.4) is 0 Å². The summed E-state index contributed by atoms with van der Waals surface area (Å²) in [5.74, 6) is -1.21. The smallest absolute Gasteiger partial charge is 0.322 e. The second-order valence-corrected chi connectivity index (χ2v) is 14.6. The van der Waals surface area contributed by atoms with Crippen LogP contribution in [0.15, 0.2) is 0 Å². The van der Waals surface area contributed by atoms with Crippen LogP contribution in [-0.2, 0) is 19.1 Å². The molecule has 6 heteroatoms. The first-order valence-corrected chi connectivity index (χ1v) is 21.2. The highest BCUT2D eigenvalue weighted by Gasteiger charge is 2.14. The highest BCUT2D eigenvalue weighted by molar-refractivity contribution is 5.80. The van der Waals surface area contributed by atoms with Gasteiger partial charge in [0.1, 0.15) is 12.6 Å². The van der Waals surface area contributed by atoms with Gasteiger partial charge in [0.05, 0.1) is 0 Å². The lowest BCUT2D eigenvalue weighted by Crippen LogP contribution is -2.28. The van der Waals surface area contributed by atoms with Crippen molar-refractivity contribution in [1.82, 2.24) is 5.32 Å². The third kappa shape index (κ3) is 37.2. The normalized spacial score (nSPS) is 11.9. The van der Waals surface area contributed by atoms with Crippen molar-refractivity contribution in [3.63, 3.8) is 0 Å². The highest BCUT2D eigenvalue weighted by Crippen LogP contribution is 2.19. The molecule has 284 valence electrons. The van der Waals surface area contributed by atoms with Crippen LogP contribution in [0.1, 0.15) is 239 Å².